The Morgan fingerprint density at radius 1 is 1.25 bits per heavy atom. The molecule has 2 aromatic rings. The second kappa shape index (κ2) is 9.15. The summed E-state index contributed by atoms with van der Waals surface area (Å²) < 4.78 is 40.5. The van der Waals surface area contributed by atoms with Crippen LogP contribution in [0.15, 0.2) is 36.5 Å². The molecule has 150 valence electrons. The molecule has 1 heterocycles. The van der Waals surface area contributed by atoms with Gasteiger partial charge in [0.15, 0.2) is 0 Å². The van der Waals surface area contributed by atoms with Crippen LogP contribution in [0.3, 0.4) is 0 Å². The van der Waals surface area contributed by atoms with E-state index in [-0.39, 0.29) is 42.4 Å². The molecule has 1 aromatic carbocycles. The lowest BCUT2D eigenvalue weighted by atomic mass is 10.0. The molecule has 2 rings (SSSR count). The molecule has 0 spiro atoms. The van der Waals surface area contributed by atoms with Crippen LogP contribution in [0.2, 0.25) is 0 Å². The molecule has 0 aliphatic carbocycles. The predicted molar refractivity (Wildman–Crippen MR) is 95.9 cm³/mol. The lowest BCUT2D eigenvalue weighted by Gasteiger charge is -2.16. The van der Waals surface area contributed by atoms with Gasteiger partial charge in [0.1, 0.15) is 11.6 Å². The van der Waals surface area contributed by atoms with E-state index in [2.05, 4.69) is 20.4 Å². The third-order valence-corrected chi connectivity index (χ3v) is 3.45. The second-order valence-electron chi connectivity index (χ2n) is 5.44. The van der Waals surface area contributed by atoms with Crippen molar-refractivity contribution in [2.75, 3.05) is 25.0 Å². The zero-order chi connectivity index (χ0) is 20.7. The quantitative estimate of drug-likeness (QED) is 0.431. The fraction of sp³-hybridized carbons (Fsp3) is 0.235. The fourth-order valence-electron chi connectivity index (χ4n) is 2.29. The number of amides is 1. The smallest absolute Gasteiger partial charge is 0.406 e. The van der Waals surface area contributed by atoms with E-state index < -0.39 is 18.0 Å². The Bertz CT molecular complexity index is 841. The first kappa shape index (κ1) is 21.1. The minimum Gasteiger partial charge on any atom is -0.406 e. The Hall–Kier alpha value is -3.18. The summed E-state index contributed by atoms with van der Waals surface area (Å²) >= 11 is 0. The SMILES string of the molecule is N=C(CN)c1c(C(=O)NCCO)ccnc1Nc1ccc(OC(F)(F)F)cc1. The molecular weight excluding hydrogens is 379 g/mol. The standard InChI is InChI=1S/C17H18F3N5O3/c18-17(19,20)28-11-3-1-10(2-4-11)25-15-14(13(22)9-21)12(5-6-23-15)16(27)24-7-8-26/h1-6,22,26H,7-9,21H2,(H,23,25)(H,24,27). The van der Waals surface area contributed by atoms with Crippen LogP contribution in [-0.4, -0.2) is 47.8 Å². The van der Waals surface area contributed by atoms with Gasteiger partial charge in [-0.3, -0.25) is 4.79 Å². The number of benzene rings is 1. The van der Waals surface area contributed by atoms with Gasteiger partial charge in [-0.2, -0.15) is 0 Å². The minimum atomic E-state index is -4.80. The summed E-state index contributed by atoms with van der Waals surface area (Å²) in [6, 6.07) is 6.29. The third kappa shape index (κ3) is 5.66. The van der Waals surface area contributed by atoms with Gasteiger partial charge in [0.25, 0.3) is 5.91 Å². The summed E-state index contributed by atoms with van der Waals surface area (Å²) in [6.45, 7) is -0.392. The van der Waals surface area contributed by atoms with Crippen molar-refractivity contribution in [2.24, 2.45) is 5.73 Å². The molecule has 0 bridgehead atoms. The fourth-order valence-corrected chi connectivity index (χ4v) is 2.29. The number of anilines is 2. The summed E-state index contributed by atoms with van der Waals surface area (Å²) in [7, 11) is 0. The number of pyridine rings is 1. The van der Waals surface area contributed by atoms with Gasteiger partial charge in [0.05, 0.1) is 23.4 Å². The topological polar surface area (TPSA) is 133 Å². The predicted octanol–water partition coefficient (Wildman–Crippen LogP) is 1.77. The van der Waals surface area contributed by atoms with Crippen molar-refractivity contribution in [3.05, 3.63) is 47.7 Å². The molecule has 0 fully saturated rings. The van der Waals surface area contributed by atoms with E-state index in [0.29, 0.717) is 5.69 Å². The van der Waals surface area contributed by atoms with E-state index in [1.807, 2.05) is 0 Å². The molecular formula is C17H18F3N5O3. The van der Waals surface area contributed by atoms with E-state index >= 15 is 0 Å². The highest BCUT2D eigenvalue weighted by Gasteiger charge is 2.31. The number of carbonyl (C=O) groups excluding carboxylic acids is 1. The Morgan fingerprint density at radius 3 is 2.50 bits per heavy atom. The number of rotatable bonds is 8. The normalized spacial score (nSPS) is 11.0. The van der Waals surface area contributed by atoms with E-state index in [4.69, 9.17) is 16.2 Å². The molecule has 0 atom stereocenters. The van der Waals surface area contributed by atoms with Gasteiger partial charge in [-0.1, -0.05) is 0 Å². The molecule has 0 radical (unpaired) electrons. The molecule has 11 heteroatoms. The van der Waals surface area contributed by atoms with Crippen molar-refractivity contribution in [3.8, 4) is 5.75 Å². The molecule has 8 nitrogen and oxygen atoms in total. The molecule has 0 saturated heterocycles. The zero-order valence-electron chi connectivity index (χ0n) is 14.5. The number of halogens is 3. The van der Waals surface area contributed by atoms with Gasteiger partial charge in [0.2, 0.25) is 0 Å². The molecule has 0 saturated carbocycles. The van der Waals surface area contributed by atoms with Gasteiger partial charge < -0.3 is 31.6 Å². The van der Waals surface area contributed by atoms with E-state index in [1.165, 1.54) is 24.4 Å². The first-order valence-electron chi connectivity index (χ1n) is 8.04. The maximum atomic E-state index is 12.3. The van der Waals surface area contributed by atoms with Crippen LogP contribution < -0.4 is 21.1 Å². The number of nitrogens with one attached hydrogen (secondary N) is 3. The van der Waals surface area contributed by atoms with Gasteiger partial charge in [0, 0.05) is 25.0 Å². The van der Waals surface area contributed by atoms with Crippen molar-refractivity contribution >= 4 is 23.1 Å². The molecule has 0 unspecified atom stereocenters. The largest absolute Gasteiger partial charge is 0.573 e. The highest BCUT2D eigenvalue weighted by molar-refractivity contribution is 6.13. The van der Waals surface area contributed by atoms with Gasteiger partial charge in [-0.05, 0) is 30.3 Å². The number of aliphatic hydroxyl groups excluding tert-OH is 1. The first-order valence-corrected chi connectivity index (χ1v) is 8.04. The number of carbonyl (C=O) groups is 1. The van der Waals surface area contributed by atoms with Crippen molar-refractivity contribution in [3.63, 3.8) is 0 Å². The Balaban J connectivity index is 2.32. The average Bonchev–Trinajstić information content (AvgIpc) is 2.65. The first-order chi connectivity index (χ1) is 13.2. The van der Waals surface area contributed by atoms with E-state index in [1.54, 1.807) is 0 Å². The van der Waals surface area contributed by atoms with Crippen molar-refractivity contribution < 1.29 is 27.8 Å². The van der Waals surface area contributed by atoms with Crippen LogP contribution in [0, 0.1) is 5.41 Å². The van der Waals surface area contributed by atoms with E-state index in [9.17, 15) is 18.0 Å². The maximum Gasteiger partial charge on any atom is 0.573 e. The van der Waals surface area contributed by atoms with Crippen molar-refractivity contribution in [2.45, 2.75) is 6.36 Å². The Morgan fingerprint density at radius 2 is 1.93 bits per heavy atom. The van der Waals surface area contributed by atoms with Gasteiger partial charge >= 0.3 is 6.36 Å². The van der Waals surface area contributed by atoms with Crippen LogP contribution >= 0.6 is 0 Å². The van der Waals surface area contributed by atoms with Gasteiger partial charge in [-0.15, -0.1) is 13.2 Å². The Labute approximate surface area is 158 Å². The summed E-state index contributed by atoms with van der Waals surface area (Å²) in [5, 5.41) is 22.2. The lowest BCUT2D eigenvalue weighted by Crippen LogP contribution is -2.29. The lowest BCUT2D eigenvalue weighted by molar-refractivity contribution is -0.274. The molecule has 1 aromatic heterocycles. The molecule has 6 N–H and O–H groups in total. The summed E-state index contributed by atoms with van der Waals surface area (Å²) in [5.41, 5.74) is 6.11. The summed E-state index contributed by atoms with van der Waals surface area (Å²) in [4.78, 5) is 16.4. The summed E-state index contributed by atoms with van der Waals surface area (Å²) in [6.07, 6.45) is -3.46. The minimum absolute atomic E-state index is 0.0278. The van der Waals surface area contributed by atoms with Crippen LogP contribution in [0.4, 0.5) is 24.7 Å². The second-order valence-corrected chi connectivity index (χ2v) is 5.44. The third-order valence-electron chi connectivity index (χ3n) is 3.45. The number of aliphatic hydroxyl groups is 1. The van der Waals surface area contributed by atoms with Crippen LogP contribution in [0.5, 0.6) is 5.75 Å². The number of nitrogens with two attached hydrogens (primary N) is 1. The molecule has 0 aliphatic rings. The zero-order valence-corrected chi connectivity index (χ0v) is 14.5. The van der Waals surface area contributed by atoms with Crippen molar-refractivity contribution in [1.82, 2.24) is 10.3 Å². The van der Waals surface area contributed by atoms with Crippen LogP contribution in [0.25, 0.3) is 0 Å². The number of aromatic nitrogens is 1. The highest BCUT2D eigenvalue weighted by atomic mass is 19.4. The maximum absolute atomic E-state index is 12.3. The van der Waals surface area contributed by atoms with Crippen LogP contribution in [-0.2, 0) is 0 Å². The summed E-state index contributed by atoms with van der Waals surface area (Å²) in [5.74, 6) is -0.781. The molecule has 1 amide bonds. The number of hydrogen-bond acceptors (Lipinski definition) is 7. The number of nitrogens with zero attached hydrogens (tertiary/aromatic N) is 1. The Kier molecular flexibility index (Phi) is 6.90. The number of alkyl halides is 3. The monoisotopic (exact) mass is 397 g/mol. The van der Waals surface area contributed by atoms with Gasteiger partial charge in [-0.25, -0.2) is 4.98 Å². The van der Waals surface area contributed by atoms with Crippen LogP contribution in [0.1, 0.15) is 15.9 Å². The number of ether oxygens (including phenoxy) is 1. The molecule has 28 heavy (non-hydrogen) atoms. The molecule has 0 aliphatic heterocycles. The average molecular weight is 397 g/mol. The highest BCUT2D eigenvalue weighted by Crippen LogP contribution is 2.26. The van der Waals surface area contributed by atoms with E-state index in [0.717, 1.165) is 12.1 Å². The number of hydrogen-bond donors (Lipinski definition) is 5. The van der Waals surface area contributed by atoms with Crippen molar-refractivity contribution in [1.29, 1.82) is 5.41 Å².